The number of rotatable bonds is 13. The first-order valence-corrected chi connectivity index (χ1v) is 13.4. The Morgan fingerprint density at radius 2 is 2.03 bits per heavy atom. The van der Waals surface area contributed by atoms with E-state index in [9.17, 15) is 14.3 Å². The minimum Gasteiger partial charge on any atom is -0.466 e. The molecule has 0 unspecified atom stereocenters. The molecular weight excluding hydrogens is 481 g/mol. The van der Waals surface area contributed by atoms with Gasteiger partial charge in [0.25, 0.3) is 0 Å². The number of aryl methyl sites for hydroxylation is 2. The van der Waals surface area contributed by atoms with E-state index in [0.29, 0.717) is 31.2 Å². The molecule has 1 N–H and O–H groups in total. The third-order valence-corrected chi connectivity index (χ3v) is 7.26. The Labute approximate surface area is 219 Å². The van der Waals surface area contributed by atoms with Crippen molar-refractivity contribution in [1.29, 1.82) is 0 Å². The lowest BCUT2D eigenvalue weighted by Crippen LogP contribution is -2.39. The van der Waals surface area contributed by atoms with Crippen molar-refractivity contribution in [3.8, 4) is 0 Å². The molecular formula is C29H39ClFNO4. The SMILES string of the molecule is CCOC(=O)CCc1ccc(F)cc1[C@@H](C)OC[C@H](O)CN1CCC[C@H]1Cc1ccc(Cl)c(CC)c1. The van der Waals surface area contributed by atoms with Crippen LogP contribution < -0.4 is 0 Å². The van der Waals surface area contributed by atoms with E-state index in [1.807, 2.05) is 13.0 Å². The quantitative estimate of drug-likeness (QED) is 0.345. The summed E-state index contributed by atoms with van der Waals surface area (Å²) in [6.45, 7) is 7.70. The van der Waals surface area contributed by atoms with Gasteiger partial charge in [-0.2, -0.15) is 0 Å². The summed E-state index contributed by atoms with van der Waals surface area (Å²) in [6, 6.07) is 11.2. The highest BCUT2D eigenvalue weighted by molar-refractivity contribution is 6.31. The van der Waals surface area contributed by atoms with Crippen LogP contribution in [0.15, 0.2) is 36.4 Å². The molecule has 0 amide bonds. The molecule has 36 heavy (non-hydrogen) atoms. The van der Waals surface area contributed by atoms with E-state index >= 15 is 0 Å². The minimum absolute atomic E-state index is 0.152. The molecule has 1 aliphatic rings. The van der Waals surface area contributed by atoms with E-state index < -0.39 is 12.2 Å². The summed E-state index contributed by atoms with van der Waals surface area (Å²) in [5.74, 6) is -0.629. The zero-order valence-corrected chi connectivity index (χ0v) is 22.4. The zero-order chi connectivity index (χ0) is 26.1. The summed E-state index contributed by atoms with van der Waals surface area (Å²) < 4.78 is 25.0. The third-order valence-electron chi connectivity index (χ3n) is 6.89. The van der Waals surface area contributed by atoms with Gasteiger partial charge < -0.3 is 14.6 Å². The molecule has 3 rings (SSSR count). The lowest BCUT2D eigenvalue weighted by Gasteiger charge is -2.28. The van der Waals surface area contributed by atoms with Crippen LogP contribution in [-0.2, 0) is 33.5 Å². The molecule has 1 fully saturated rings. The molecule has 1 aliphatic heterocycles. The number of nitrogens with zero attached hydrogens (tertiary/aromatic N) is 1. The zero-order valence-electron chi connectivity index (χ0n) is 21.6. The fourth-order valence-corrected chi connectivity index (χ4v) is 5.23. The van der Waals surface area contributed by atoms with Gasteiger partial charge in [-0.15, -0.1) is 0 Å². The standard InChI is InChI=1S/C29H39ClFNO4/c1-4-22-15-21(8-12-28(22)30)16-25-7-6-14-32(25)18-26(33)19-36-20(3)27-17-24(31)11-9-23(27)10-13-29(34)35-5-2/h8-9,11-12,15,17,20,25-26,33H,4-7,10,13-14,16,18-19H2,1-3H3/t20-,25+,26-/m1/s1. The highest BCUT2D eigenvalue weighted by Crippen LogP contribution is 2.26. The van der Waals surface area contributed by atoms with Crippen LogP contribution in [0.2, 0.25) is 5.02 Å². The van der Waals surface area contributed by atoms with Crippen molar-refractivity contribution in [3.05, 3.63) is 69.5 Å². The average Bonchev–Trinajstić information content (AvgIpc) is 3.29. The number of likely N-dealkylation sites (tertiary alicyclic amines) is 1. The van der Waals surface area contributed by atoms with Gasteiger partial charge in [0.15, 0.2) is 0 Å². The number of esters is 1. The van der Waals surface area contributed by atoms with Gasteiger partial charge in [-0.1, -0.05) is 36.7 Å². The van der Waals surface area contributed by atoms with E-state index in [1.165, 1.54) is 23.3 Å². The topological polar surface area (TPSA) is 59.0 Å². The first kappa shape index (κ1) is 28.6. The predicted molar refractivity (Wildman–Crippen MR) is 141 cm³/mol. The number of halogens is 2. The van der Waals surface area contributed by atoms with Crippen molar-refractivity contribution in [2.45, 2.75) is 77.5 Å². The number of β-amino-alcohol motifs (C(OH)–C–C–N with tert-alkyl or cyclic N) is 1. The van der Waals surface area contributed by atoms with E-state index in [2.05, 4.69) is 24.0 Å². The molecule has 0 radical (unpaired) electrons. The van der Waals surface area contributed by atoms with E-state index in [0.717, 1.165) is 42.8 Å². The number of aliphatic hydroxyl groups is 1. The molecule has 0 bridgehead atoms. The van der Waals surface area contributed by atoms with Crippen LogP contribution in [-0.4, -0.2) is 54.4 Å². The number of carbonyl (C=O) groups excluding carboxylic acids is 1. The fraction of sp³-hybridized carbons (Fsp3) is 0.552. The maximum absolute atomic E-state index is 14.0. The fourth-order valence-electron chi connectivity index (χ4n) is 4.98. The minimum atomic E-state index is -0.652. The highest BCUT2D eigenvalue weighted by Gasteiger charge is 2.27. The van der Waals surface area contributed by atoms with Gasteiger partial charge >= 0.3 is 5.97 Å². The van der Waals surface area contributed by atoms with Crippen LogP contribution >= 0.6 is 11.6 Å². The number of benzene rings is 2. The first-order chi connectivity index (χ1) is 17.3. The van der Waals surface area contributed by atoms with Gasteiger partial charge in [0.1, 0.15) is 5.82 Å². The summed E-state index contributed by atoms with van der Waals surface area (Å²) in [5, 5.41) is 11.6. The maximum Gasteiger partial charge on any atom is 0.306 e. The molecule has 198 valence electrons. The highest BCUT2D eigenvalue weighted by atomic mass is 35.5. The number of hydrogen-bond donors (Lipinski definition) is 1. The lowest BCUT2D eigenvalue weighted by molar-refractivity contribution is -0.143. The molecule has 1 saturated heterocycles. The second kappa shape index (κ2) is 14.1. The number of carbonyl (C=O) groups is 1. The molecule has 2 aromatic rings. The number of aliphatic hydroxyl groups excluding tert-OH is 1. The summed E-state index contributed by atoms with van der Waals surface area (Å²) in [5.41, 5.74) is 3.98. The van der Waals surface area contributed by atoms with E-state index in [-0.39, 0.29) is 24.8 Å². The average molecular weight is 520 g/mol. The van der Waals surface area contributed by atoms with Gasteiger partial charge in [0.2, 0.25) is 0 Å². The Bertz CT molecular complexity index is 1000. The summed E-state index contributed by atoms with van der Waals surface area (Å²) >= 11 is 6.28. The third kappa shape index (κ3) is 8.27. The van der Waals surface area contributed by atoms with Gasteiger partial charge in [-0.3, -0.25) is 9.69 Å². The van der Waals surface area contributed by atoms with Crippen molar-refractivity contribution < 1.29 is 23.8 Å². The second-order valence-corrected chi connectivity index (χ2v) is 9.96. The summed E-state index contributed by atoms with van der Waals surface area (Å²) in [6.07, 6.45) is 3.66. The van der Waals surface area contributed by atoms with Crippen LogP contribution in [0.1, 0.15) is 68.4 Å². The monoisotopic (exact) mass is 519 g/mol. The maximum atomic E-state index is 14.0. The Balaban J connectivity index is 1.54. The normalized spacial score (nSPS) is 17.8. The van der Waals surface area contributed by atoms with Crippen LogP contribution in [0.3, 0.4) is 0 Å². The first-order valence-electron chi connectivity index (χ1n) is 13.1. The molecule has 1 heterocycles. The van der Waals surface area contributed by atoms with Crippen molar-refractivity contribution >= 4 is 17.6 Å². The van der Waals surface area contributed by atoms with Crippen LogP contribution in [0.5, 0.6) is 0 Å². The largest absolute Gasteiger partial charge is 0.466 e. The Kier molecular flexibility index (Phi) is 11.2. The van der Waals surface area contributed by atoms with E-state index in [1.54, 1.807) is 13.0 Å². The van der Waals surface area contributed by atoms with Crippen molar-refractivity contribution in [1.82, 2.24) is 4.90 Å². The molecule has 0 aliphatic carbocycles. The van der Waals surface area contributed by atoms with Crippen LogP contribution in [0, 0.1) is 5.82 Å². The lowest BCUT2D eigenvalue weighted by atomic mass is 9.99. The van der Waals surface area contributed by atoms with Crippen molar-refractivity contribution in [2.24, 2.45) is 0 Å². The molecule has 3 atom stereocenters. The molecule has 2 aromatic carbocycles. The Hall–Kier alpha value is -1.99. The van der Waals surface area contributed by atoms with Crippen molar-refractivity contribution in [2.75, 3.05) is 26.3 Å². The summed E-state index contributed by atoms with van der Waals surface area (Å²) in [4.78, 5) is 14.1. The molecule has 0 saturated carbocycles. The molecule has 0 aromatic heterocycles. The number of hydrogen-bond acceptors (Lipinski definition) is 5. The predicted octanol–water partition coefficient (Wildman–Crippen LogP) is 5.68. The van der Waals surface area contributed by atoms with Crippen LogP contribution in [0.25, 0.3) is 0 Å². The van der Waals surface area contributed by atoms with E-state index in [4.69, 9.17) is 21.1 Å². The van der Waals surface area contributed by atoms with Gasteiger partial charge in [-0.25, -0.2) is 4.39 Å². The van der Waals surface area contributed by atoms with Gasteiger partial charge in [-0.05, 0) is 92.9 Å². The second-order valence-electron chi connectivity index (χ2n) is 9.55. The molecule has 0 spiro atoms. The van der Waals surface area contributed by atoms with Gasteiger partial charge in [0, 0.05) is 24.0 Å². The Morgan fingerprint density at radius 1 is 1.22 bits per heavy atom. The smallest absolute Gasteiger partial charge is 0.306 e. The van der Waals surface area contributed by atoms with Gasteiger partial charge in [0.05, 0.1) is 25.4 Å². The Morgan fingerprint density at radius 3 is 2.78 bits per heavy atom. The number of ether oxygens (including phenoxy) is 2. The van der Waals surface area contributed by atoms with Crippen LogP contribution in [0.4, 0.5) is 4.39 Å². The van der Waals surface area contributed by atoms with Crippen molar-refractivity contribution in [3.63, 3.8) is 0 Å². The summed E-state index contributed by atoms with van der Waals surface area (Å²) in [7, 11) is 0. The molecule has 7 heteroatoms. The molecule has 5 nitrogen and oxygen atoms in total.